The van der Waals surface area contributed by atoms with Crippen LogP contribution < -0.4 is 4.74 Å². The van der Waals surface area contributed by atoms with Gasteiger partial charge in [0.2, 0.25) is 0 Å². The van der Waals surface area contributed by atoms with E-state index in [-0.39, 0.29) is 0 Å². The first-order valence-corrected chi connectivity index (χ1v) is 7.48. The number of hydrogen-bond acceptors (Lipinski definition) is 3. The lowest BCUT2D eigenvalue weighted by Crippen LogP contribution is -2.09. The van der Waals surface area contributed by atoms with Crippen LogP contribution in [-0.2, 0) is 6.42 Å². The normalized spacial score (nSPS) is 13.7. The minimum atomic E-state index is 0.667. The summed E-state index contributed by atoms with van der Waals surface area (Å²) in [6, 6.07) is 14.4. The molecule has 0 spiro atoms. The summed E-state index contributed by atoms with van der Waals surface area (Å²) in [5.41, 5.74) is 3.19. The van der Waals surface area contributed by atoms with Crippen molar-refractivity contribution in [1.29, 1.82) is 0 Å². The number of aromatic nitrogens is 2. The smallest absolute Gasteiger partial charge is 0.131 e. The average Bonchev–Trinajstić information content (AvgIpc) is 2.55. The van der Waals surface area contributed by atoms with Gasteiger partial charge in [0.1, 0.15) is 16.1 Å². The number of hydrogen-bond donors (Lipinski definition) is 1. The molecule has 0 saturated heterocycles. The Bertz CT molecular complexity index is 885. The highest BCUT2D eigenvalue weighted by Crippen LogP contribution is 2.37. The van der Waals surface area contributed by atoms with Crippen molar-refractivity contribution in [1.82, 2.24) is 10.2 Å². The molecule has 0 atom stereocenters. The number of aromatic amines is 1. The lowest BCUT2D eigenvalue weighted by Gasteiger charge is -2.20. The van der Waals surface area contributed by atoms with Crippen LogP contribution in [0.3, 0.4) is 0 Å². The van der Waals surface area contributed by atoms with Gasteiger partial charge < -0.3 is 4.74 Å². The molecule has 3 nitrogen and oxygen atoms in total. The molecule has 0 fully saturated rings. The molecular weight excluding hydrogens is 280 g/mol. The largest absolute Gasteiger partial charge is 0.493 e. The van der Waals surface area contributed by atoms with Crippen LogP contribution in [0.4, 0.5) is 0 Å². The van der Waals surface area contributed by atoms with Gasteiger partial charge in [-0.1, -0.05) is 48.6 Å². The number of para-hydroxylation sites is 1. The van der Waals surface area contributed by atoms with E-state index in [2.05, 4.69) is 34.5 Å². The van der Waals surface area contributed by atoms with Crippen molar-refractivity contribution in [3.05, 3.63) is 52.7 Å². The summed E-state index contributed by atoms with van der Waals surface area (Å²) in [7, 11) is 0. The van der Waals surface area contributed by atoms with Crippen molar-refractivity contribution >= 4 is 23.0 Å². The summed E-state index contributed by atoms with van der Waals surface area (Å²) in [4.78, 5) is 0. The first-order chi connectivity index (χ1) is 10.3. The van der Waals surface area contributed by atoms with Gasteiger partial charge in [-0.3, -0.25) is 5.10 Å². The number of rotatable bonds is 1. The third kappa shape index (κ3) is 2.03. The third-order valence-electron chi connectivity index (χ3n) is 3.88. The van der Waals surface area contributed by atoms with Crippen molar-refractivity contribution < 1.29 is 4.74 Å². The molecule has 0 bridgehead atoms. The number of nitrogens with one attached hydrogen (secondary N) is 1. The maximum atomic E-state index is 5.91. The van der Waals surface area contributed by atoms with E-state index >= 15 is 0 Å². The minimum Gasteiger partial charge on any atom is -0.493 e. The van der Waals surface area contributed by atoms with Crippen LogP contribution in [0.15, 0.2) is 42.5 Å². The van der Waals surface area contributed by atoms with Crippen LogP contribution in [0.5, 0.6) is 5.75 Å². The summed E-state index contributed by atoms with van der Waals surface area (Å²) >= 11 is 5.34. The highest BCUT2D eigenvalue weighted by atomic mass is 32.1. The fourth-order valence-electron chi connectivity index (χ4n) is 2.90. The molecule has 21 heavy (non-hydrogen) atoms. The summed E-state index contributed by atoms with van der Waals surface area (Å²) in [5.74, 6) is 0.965. The summed E-state index contributed by atoms with van der Waals surface area (Å²) in [6.45, 7) is 0.769. The van der Waals surface area contributed by atoms with E-state index in [1.54, 1.807) is 0 Å². The first kappa shape index (κ1) is 12.5. The van der Waals surface area contributed by atoms with E-state index in [1.807, 2.05) is 18.2 Å². The molecule has 2 heterocycles. The van der Waals surface area contributed by atoms with E-state index in [0.29, 0.717) is 4.64 Å². The molecule has 0 amide bonds. The quantitative estimate of drug-likeness (QED) is 0.681. The van der Waals surface area contributed by atoms with Gasteiger partial charge in [-0.15, -0.1) is 0 Å². The summed E-state index contributed by atoms with van der Waals surface area (Å²) in [6.07, 6.45) is 2.13. The third-order valence-corrected chi connectivity index (χ3v) is 4.20. The van der Waals surface area contributed by atoms with Gasteiger partial charge in [0.25, 0.3) is 0 Å². The molecular formula is C17H14N2OS. The zero-order valence-electron chi connectivity index (χ0n) is 11.4. The van der Waals surface area contributed by atoms with Crippen molar-refractivity contribution in [2.75, 3.05) is 6.61 Å². The van der Waals surface area contributed by atoms with Crippen molar-refractivity contribution in [3.63, 3.8) is 0 Å². The second-order valence-corrected chi connectivity index (χ2v) is 5.60. The van der Waals surface area contributed by atoms with Gasteiger partial charge in [-0.2, -0.15) is 5.10 Å². The van der Waals surface area contributed by atoms with Crippen molar-refractivity contribution in [3.8, 4) is 17.0 Å². The van der Waals surface area contributed by atoms with Crippen LogP contribution in [0.2, 0.25) is 0 Å². The Kier molecular flexibility index (Phi) is 2.97. The second-order valence-electron chi connectivity index (χ2n) is 5.19. The molecule has 0 unspecified atom stereocenters. The fraction of sp³-hybridized carbons (Fsp3) is 0.176. The first-order valence-electron chi connectivity index (χ1n) is 7.07. The van der Waals surface area contributed by atoms with Gasteiger partial charge in [-0.25, -0.2) is 0 Å². The van der Waals surface area contributed by atoms with E-state index < -0.39 is 0 Å². The fourth-order valence-corrected chi connectivity index (χ4v) is 3.12. The van der Waals surface area contributed by atoms with E-state index in [4.69, 9.17) is 17.0 Å². The zero-order chi connectivity index (χ0) is 14.2. The average molecular weight is 294 g/mol. The van der Waals surface area contributed by atoms with Crippen LogP contribution in [0.25, 0.3) is 22.0 Å². The standard InChI is InChI=1S/C17H14N2OS/c21-17-13-8-2-1-7-12(13)15(18-19-17)14-9-3-5-11-6-4-10-20-16(11)14/h1-3,5,7-9H,4,6,10H2,(H,19,21). The maximum Gasteiger partial charge on any atom is 0.131 e. The molecule has 1 aromatic heterocycles. The number of aryl methyl sites for hydroxylation is 1. The number of ether oxygens (including phenoxy) is 1. The molecule has 0 aliphatic carbocycles. The second kappa shape index (κ2) is 4.97. The van der Waals surface area contributed by atoms with Crippen LogP contribution in [0, 0.1) is 4.64 Å². The molecule has 3 aromatic rings. The SMILES string of the molecule is S=c1[nH]nc(-c2cccc3c2OCCC3)c2ccccc12. The van der Waals surface area contributed by atoms with Gasteiger partial charge in [0.15, 0.2) is 0 Å². The Labute approximate surface area is 127 Å². The van der Waals surface area contributed by atoms with Gasteiger partial charge in [0.05, 0.1) is 6.61 Å². The zero-order valence-corrected chi connectivity index (χ0v) is 12.2. The van der Waals surface area contributed by atoms with Crippen LogP contribution in [0.1, 0.15) is 12.0 Å². The number of nitrogens with zero attached hydrogens (tertiary/aromatic N) is 1. The lowest BCUT2D eigenvalue weighted by atomic mass is 9.98. The molecule has 104 valence electrons. The molecule has 2 aromatic carbocycles. The van der Waals surface area contributed by atoms with Crippen LogP contribution >= 0.6 is 12.2 Å². The van der Waals surface area contributed by atoms with Crippen molar-refractivity contribution in [2.45, 2.75) is 12.8 Å². The molecule has 1 aliphatic rings. The number of benzene rings is 2. The molecule has 0 radical (unpaired) electrons. The summed E-state index contributed by atoms with van der Waals surface area (Å²) < 4.78 is 6.57. The summed E-state index contributed by atoms with van der Waals surface area (Å²) in [5, 5.41) is 9.51. The topological polar surface area (TPSA) is 37.9 Å². The predicted molar refractivity (Wildman–Crippen MR) is 86.2 cm³/mol. The Hall–Kier alpha value is -2.20. The molecule has 0 saturated carbocycles. The van der Waals surface area contributed by atoms with Crippen LogP contribution in [-0.4, -0.2) is 16.8 Å². The Morgan fingerprint density at radius 2 is 1.90 bits per heavy atom. The van der Waals surface area contributed by atoms with E-state index in [0.717, 1.165) is 47.2 Å². The highest BCUT2D eigenvalue weighted by Gasteiger charge is 2.18. The monoisotopic (exact) mass is 294 g/mol. The molecule has 1 N–H and O–H groups in total. The molecule has 4 rings (SSSR count). The lowest BCUT2D eigenvalue weighted by molar-refractivity contribution is 0.289. The van der Waals surface area contributed by atoms with E-state index in [1.165, 1.54) is 5.56 Å². The minimum absolute atomic E-state index is 0.667. The predicted octanol–water partition coefficient (Wildman–Crippen LogP) is 4.28. The Balaban J connectivity index is 2.04. The molecule has 1 aliphatic heterocycles. The van der Waals surface area contributed by atoms with Gasteiger partial charge in [0, 0.05) is 16.3 Å². The van der Waals surface area contributed by atoms with Crippen molar-refractivity contribution in [2.24, 2.45) is 0 Å². The van der Waals surface area contributed by atoms with Gasteiger partial charge >= 0.3 is 0 Å². The van der Waals surface area contributed by atoms with Gasteiger partial charge in [-0.05, 0) is 24.5 Å². The Morgan fingerprint density at radius 3 is 2.81 bits per heavy atom. The maximum absolute atomic E-state index is 5.91. The molecule has 4 heteroatoms. The number of H-pyrrole nitrogens is 1. The number of fused-ring (bicyclic) bond motifs is 2. The van der Waals surface area contributed by atoms with E-state index in [9.17, 15) is 0 Å². The Morgan fingerprint density at radius 1 is 1.05 bits per heavy atom. The highest BCUT2D eigenvalue weighted by molar-refractivity contribution is 7.71.